The van der Waals surface area contributed by atoms with E-state index in [1.807, 2.05) is 61.5 Å². The van der Waals surface area contributed by atoms with Crippen LogP contribution in [0.25, 0.3) is 0 Å². The van der Waals surface area contributed by atoms with E-state index >= 15 is 0 Å². The van der Waals surface area contributed by atoms with E-state index in [4.69, 9.17) is 9.47 Å². The van der Waals surface area contributed by atoms with Gasteiger partial charge in [-0.3, -0.25) is 0 Å². The predicted molar refractivity (Wildman–Crippen MR) is 124 cm³/mol. The van der Waals surface area contributed by atoms with Gasteiger partial charge in [0.15, 0.2) is 0 Å². The first-order valence-corrected chi connectivity index (χ1v) is 11.1. The number of aliphatic hydroxyl groups excluding tert-OH is 4. The summed E-state index contributed by atoms with van der Waals surface area (Å²) in [5, 5.41) is 40.0. The van der Waals surface area contributed by atoms with Gasteiger partial charge in [-0.1, -0.05) is 78.4 Å². The molecule has 0 aromatic heterocycles. The van der Waals surface area contributed by atoms with Gasteiger partial charge in [0.05, 0.1) is 6.61 Å². The van der Waals surface area contributed by atoms with Gasteiger partial charge in [0.25, 0.3) is 0 Å². The van der Waals surface area contributed by atoms with Crippen molar-refractivity contribution in [3.63, 3.8) is 0 Å². The second-order valence-electron chi connectivity index (χ2n) is 8.67. The van der Waals surface area contributed by atoms with Crippen LogP contribution in [0, 0.1) is 6.92 Å². The molecule has 0 spiro atoms. The molecule has 6 heteroatoms. The third kappa shape index (κ3) is 4.40. The summed E-state index contributed by atoms with van der Waals surface area (Å²) in [6, 6.07) is 26.0. The highest BCUT2D eigenvalue weighted by molar-refractivity contribution is 5.55. The van der Waals surface area contributed by atoms with Crippen molar-refractivity contribution in [2.45, 2.75) is 50.0 Å². The van der Waals surface area contributed by atoms with Gasteiger partial charge in [0, 0.05) is 11.0 Å². The summed E-state index contributed by atoms with van der Waals surface area (Å²) >= 11 is 0. The minimum absolute atomic E-state index is 0.492. The van der Waals surface area contributed by atoms with E-state index in [1.165, 1.54) is 0 Å². The molecule has 6 nitrogen and oxygen atoms in total. The normalized spacial score (nSPS) is 23.9. The number of aryl methyl sites for hydroxylation is 1. The molecular weight excluding hydrogens is 420 g/mol. The maximum atomic E-state index is 10.5. The van der Waals surface area contributed by atoms with Crippen LogP contribution in [0.3, 0.4) is 0 Å². The molecule has 0 unspecified atom stereocenters. The molecule has 174 valence electrons. The highest BCUT2D eigenvalue weighted by Gasteiger charge is 2.47. The number of ether oxygens (including phenoxy) is 2. The lowest BCUT2D eigenvalue weighted by Crippen LogP contribution is -2.40. The topological polar surface area (TPSA) is 99.4 Å². The third-order valence-electron chi connectivity index (χ3n) is 6.44. The Hall–Kier alpha value is -2.74. The molecule has 1 heterocycles. The highest BCUT2D eigenvalue weighted by Crippen LogP contribution is 2.44. The highest BCUT2D eigenvalue weighted by atomic mass is 16.7. The standard InChI is InChI=1S/C27H30O6/c1-17-13-14-22(32-26-24(31)23(30)25(33-26)21(29)16-28)20(15-17)27(2,18-9-5-3-6-10-18)19-11-7-4-8-12-19/h3-15,21,23-26,28-31H,16H2,1-2H3/t21-,23+,24+,25-,26-/m0/s1. The fourth-order valence-corrected chi connectivity index (χ4v) is 4.47. The zero-order valence-corrected chi connectivity index (χ0v) is 18.7. The molecule has 33 heavy (non-hydrogen) atoms. The molecule has 1 saturated heterocycles. The van der Waals surface area contributed by atoms with Gasteiger partial charge in [-0.05, 0) is 31.0 Å². The van der Waals surface area contributed by atoms with Gasteiger partial charge in [-0.25, -0.2) is 0 Å². The summed E-state index contributed by atoms with van der Waals surface area (Å²) < 4.78 is 11.8. The second kappa shape index (κ2) is 9.63. The predicted octanol–water partition coefficient (Wildman–Crippen LogP) is 2.53. The van der Waals surface area contributed by atoms with Crippen LogP contribution >= 0.6 is 0 Å². The van der Waals surface area contributed by atoms with Crippen LogP contribution in [0.1, 0.15) is 29.2 Å². The van der Waals surface area contributed by atoms with Crippen molar-refractivity contribution in [1.82, 2.24) is 0 Å². The van der Waals surface area contributed by atoms with Gasteiger partial charge >= 0.3 is 0 Å². The van der Waals surface area contributed by atoms with Crippen LogP contribution in [0.2, 0.25) is 0 Å². The lowest BCUT2D eigenvalue weighted by Gasteiger charge is -2.34. The summed E-state index contributed by atoms with van der Waals surface area (Å²) in [4.78, 5) is 0. The summed E-state index contributed by atoms with van der Waals surface area (Å²) in [7, 11) is 0. The lowest BCUT2D eigenvalue weighted by molar-refractivity contribution is -0.137. The van der Waals surface area contributed by atoms with E-state index < -0.39 is 42.7 Å². The van der Waals surface area contributed by atoms with Crippen LogP contribution < -0.4 is 4.74 Å². The first-order chi connectivity index (χ1) is 15.9. The molecule has 3 aromatic carbocycles. The van der Waals surface area contributed by atoms with E-state index in [-0.39, 0.29) is 0 Å². The monoisotopic (exact) mass is 450 g/mol. The average molecular weight is 451 g/mol. The fraction of sp³-hybridized carbons (Fsp3) is 0.333. The molecule has 0 amide bonds. The maximum absolute atomic E-state index is 10.5. The molecule has 0 bridgehead atoms. The molecule has 4 rings (SSSR count). The number of aliphatic hydroxyl groups is 4. The van der Waals surface area contributed by atoms with Crippen molar-refractivity contribution < 1.29 is 29.9 Å². The van der Waals surface area contributed by atoms with Gasteiger partial charge in [0.2, 0.25) is 6.29 Å². The second-order valence-corrected chi connectivity index (χ2v) is 8.67. The summed E-state index contributed by atoms with van der Waals surface area (Å²) in [5.74, 6) is 0.492. The molecule has 1 aliphatic rings. The quantitative estimate of drug-likeness (QED) is 0.413. The zero-order valence-electron chi connectivity index (χ0n) is 18.7. The van der Waals surface area contributed by atoms with Gasteiger partial charge in [0.1, 0.15) is 30.2 Å². The van der Waals surface area contributed by atoms with Crippen LogP contribution in [0.15, 0.2) is 78.9 Å². The SMILES string of the molecule is Cc1ccc(O[C@H]2O[C@@H]([C@@H](O)CO)[C@H](O)[C@H]2O)c(C(C)(c2ccccc2)c2ccccc2)c1. The minimum atomic E-state index is -1.39. The van der Waals surface area contributed by atoms with Gasteiger partial charge in [-0.15, -0.1) is 0 Å². The van der Waals surface area contributed by atoms with E-state index in [2.05, 4.69) is 31.2 Å². The Morgan fingerprint density at radius 2 is 1.48 bits per heavy atom. The largest absolute Gasteiger partial charge is 0.462 e. The first-order valence-electron chi connectivity index (χ1n) is 11.1. The molecule has 0 radical (unpaired) electrons. The van der Waals surface area contributed by atoms with Crippen molar-refractivity contribution in [2.75, 3.05) is 6.61 Å². The van der Waals surface area contributed by atoms with Crippen molar-refractivity contribution in [1.29, 1.82) is 0 Å². The van der Waals surface area contributed by atoms with E-state index in [9.17, 15) is 20.4 Å². The molecule has 3 aromatic rings. The molecular formula is C27H30O6. The number of benzene rings is 3. The van der Waals surface area contributed by atoms with E-state index in [1.54, 1.807) is 0 Å². The number of hydrogen-bond donors (Lipinski definition) is 4. The third-order valence-corrected chi connectivity index (χ3v) is 6.44. The van der Waals surface area contributed by atoms with Crippen molar-refractivity contribution in [3.05, 3.63) is 101 Å². The Labute approximate surface area is 193 Å². The molecule has 4 N–H and O–H groups in total. The van der Waals surface area contributed by atoms with Crippen LogP contribution in [0.5, 0.6) is 5.75 Å². The Bertz CT molecular complexity index is 1020. The Morgan fingerprint density at radius 1 is 0.909 bits per heavy atom. The maximum Gasteiger partial charge on any atom is 0.229 e. The average Bonchev–Trinajstić information content (AvgIpc) is 3.13. The molecule has 5 atom stereocenters. The van der Waals surface area contributed by atoms with Crippen LogP contribution in [0.4, 0.5) is 0 Å². The fourth-order valence-electron chi connectivity index (χ4n) is 4.47. The molecule has 1 aliphatic heterocycles. The Morgan fingerprint density at radius 3 is 2.03 bits per heavy atom. The first kappa shape index (κ1) is 23.4. The van der Waals surface area contributed by atoms with E-state index in [0.29, 0.717) is 5.75 Å². The van der Waals surface area contributed by atoms with Crippen molar-refractivity contribution >= 4 is 0 Å². The van der Waals surface area contributed by atoms with E-state index in [0.717, 1.165) is 22.3 Å². The molecule has 0 saturated carbocycles. The zero-order chi connectivity index (χ0) is 23.6. The van der Waals surface area contributed by atoms with Gasteiger partial charge < -0.3 is 29.9 Å². The van der Waals surface area contributed by atoms with Crippen LogP contribution in [-0.4, -0.2) is 57.7 Å². The molecule has 0 aliphatic carbocycles. The van der Waals surface area contributed by atoms with Crippen LogP contribution in [-0.2, 0) is 10.2 Å². The smallest absolute Gasteiger partial charge is 0.229 e. The lowest BCUT2D eigenvalue weighted by atomic mass is 9.70. The Kier molecular flexibility index (Phi) is 6.83. The molecule has 1 fully saturated rings. The van der Waals surface area contributed by atoms with Crippen molar-refractivity contribution in [2.24, 2.45) is 0 Å². The number of rotatable bonds is 7. The number of hydrogen-bond acceptors (Lipinski definition) is 6. The van der Waals surface area contributed by atoms with Crippen molar-refractivity contribution in [3.8, 4) is 5.75 Å². The summed E-state index contributed by atoms with van der Waals surface area (Å²) in [5.41, 5.74) is 3.45. The Balaban J connectivity index is 1.79. The summed E-state index contributed by atoms with van der Waals surface area (Å²) in [6.45, 7) is 3.53. The van der Waals surface area contributed by atoms with Gasteiger partial charge in [-0.2, -0.15) is 0 Å². The minimum Gasteiger partial charge on any atom is -0.462 e. The summed E-state index contributed by atoms with van der Waals surface area (Å²) in [6.07, 6.45) is -6.47.